The third-order valence-corrected chi connectivity index (χ3v) is 20.4. The Kier molecular flexibility index (Phi) is 12.1. The van der Waals surface area contributed by atoms with E-state index in [4.69, 9.17) is 0 Å². The summed E-state index contributed by atoms with van der Waals surface area (Å²) < 4.78 is 7.57. The van der Waals surface area contributed by atoms with Crippen LogP contribution in [0.25, 0.3) is 127 Å². The van der Waals surface area contributed by atoms with E-state index in [1.165, 1.54) is 70.9 Å². The van der Waals surface area contributed by atoms with E-state index in [2.05, 4.69) is 375 Å². The molecule has 20 rings (SSSR count). The molecular weight excluding hydrogens is 1160 g/mol. The molecule has 0 radical (unpaired) electrons. The first-order valence-corrected chi connectivity index (χ1v) is 33.2. The SMILES string of the molecule is c1ccc(-c2ccc(N3c4cc(-n5c6ccccc6c6ccccc65)cc5c4B(c4ccc(-n6c7ccccc7c7ccccc76)cc4N5c4cccc(-c5ccccc5)c4)c4ccc5c(c43)c3ccccc3n5-c3c(-c4ccccc4)cccc3-c3ccccc3)cc2)cc1. The maximum Gasteiger partial charge on any atom is 0.252 e. The molecule has 0 unspecified atom stereocenters. The van der Waals surface area contributed by atoms with E-state index in [9.17, 15) is 0 Å². The molecule has 0 saturated carbocycles. The number of fused-ring (bicyclic) bond motifs is 14. The number of hydrogen-bond acceptors (Lipinski definition) is 2. The second kappa shape index (κ2) is 21.5. The second-order valence-corrected chi connectivity index (χ2v) is 25.5. The lowest BCUT2D eigenvalue weighted by molar-refractivity contribution is 1.15. The molecule has 446 valence electrons. The van der Waals surface area contributed by atoms with Crippen molar-refractivity contribution in [3.8, 4) is 61.6 Å². The van der Waals surface area contributed by atoms with E-state index in [1.807, 2.05) is 0 Å². The normalized spacial score (nSPS) is 12.5. The van der Waals surface area contributed by atoms with Crippen molar-refractivity contribution in [1.29, 1.82) is 0 Å². The van der Waals surface area contributed by atoms with Crippen LogP contribution in [-0.4, -0.2) is 20.4 Å². The summed E-state index contributed by atoms with van der Waals surface area (Å²) in [5.74, 6) is 0. The van der Waals surface area contributed by atoms with E-state index in [0.717, 1.165) is 107 Å². The van der Waals surface area contributed by atoms with Gasteiger partial charge in [0.1, 0.15) is 0 Å². The topological polar surface area (TPSA) is 21.3 Å². The zero-order chi connectivity index (χ0) is 63.0. The Morgan fingerprint density at radius 3 is 1.17 bits per heavy atom. The summed E-state index contributed by atoms with van der Waals surface area (Å²) in [7, 11) is 0. The molecular formula is C90H58BN5. The maximum absolute atomic E-state index is 2.65. The summed E-state index contributed by atoms with van der Waals surface area (Å²) in [6, 6.07) is 131. The third kappa shape index (κ3) is 8.12. The van der Waals surface area contributed by atoms with Crippen molar-refractivity contribution in [2.75, 3.05) is 9.80 Å². The summed E-state index contributed by atoms with van der Waals surface area (Å²) in [5, 5.41) is 7.25. The summed E-state index contributed by atoms with van der Waals surface area (Å²) in [6.45, 7) is -0.226. The molecule has 5 heterocycles. The fourth-order valence-electron chi connectivity index (χ4n) is 16.3. The molecule has 15 aromatic carbocycles. The van der Waals surface area contributed by atoms with Crippen LogP contribution in [0.5, 0.6) is 0 Å². The Bertz CT molecular complexity index is 5980. The molecule has 6 heteroatoms. The predicted molar refractivity (Wildman–Crippen MR) is 405 cm³/mol. The van der Waals surface area contributed by atoms with Gasteiger partial charge < -0.3 is 23.5 Å². The summed E-state index contributed by atoms with van der Waals surface area (Å²) >= 11 is 0. The summed E-state index contributed by atoms with van der Waals surface area (Å²) in [6.07, 6.45) is 0. The monoisotopic (exact) mass is 1220 g/mol. The highest BCUT2D eigenvalue weighted by atomic mass is 15.2. The van der Waals surface area contributed by atoms with E-state index < -0.39 is 0 Å². The van der Waals surface area contributed by atoms with Gasteiger partial charge in [0.05, 0.1) is 50.2 Å². The van der Waals surface area contributed by atoms with Crippen molar-refractivity contribution in [2.45, 2.75) is 0 Å². The highest BCUT2D eigenvalue weighted by Gasteiger charge is 2.45. The Balaban J connectivity index is 0.949. The third-order valence-electron chi connectivity index (χ3n) is 20.4. The minimum Gasteiger partial charge on any atom is -0.311 e. The quantitative estimate of drug-likeness (QED) is 0.134. The number of aromatic nitrogens is 3. The van der Waals surface area contributed by atoms with Gasteiger partial charge in [-0.05, 0) is 135 Å². The predicted octanol–water partition coefficient (Wildman–Crippen LogP) is 21.7. The standard InChI is InChI=1S/C90H58BN5/c1-5-25-59(26-6-1)61-47-49-65(50-48-61)95-86-58-68(94-80-44-20-15-37-73(80)74-38-16-21-45-81(74)94)57-85-88(86)91(77-53-54-83-87(90(77)95)75-39-17-22-46-82(75)96(83)89-69(62-29-9-3-10-30-62)40-24-41-70(89)63-31-11-4-12-32-63)76-52-51-67(92-78-42-18-13-35-71(78)72-36-14-19-43-79(72)92)56-84(76)93(85)66-34-23-33-64(55-66)60-27-7-2-8-28-60/h1-58H. The number of benzene rings is 15. The summed E-state index contributed by atoms with van der Waals surface area (Å²) in [5.41, 5.74) is 29.9. The van der Waals surface area contributed by atoms with E-state index in [0.29, 0.717) is 0 Å². The fourth-order valence-corrected chi connectivity index (χ4v) is 16.3. The zero-order valence-corrected chi connectivity index (χ0v) is 52.3. The lowest BCUT2D eigenvalue weighted by atomic mass is 9.33. The first-order valence-electron chi connectivity index (χ1n) is 33.2. The molecule has 0 N–H and O–H groups in total. The van der Waals surface area contributed by atoms with Crippen molar-refractivity contribution >= 4 is 123 Å². The van der Waals surface area contributed by atoms with Gasteiger partial charge in [-0.25, -0.2) is 0 Å². The second-order valence-electron chi connectivity index (χ2n) is 25.5. The number of rotatable bonds is 9. The van der Waals surface area contributed by atoms with E-state index in [-0.39, 0.29) is 6.71 Å². The van der Waals surface area contributed by atoms with Crippen LogP contribution in [0, 0.1) is 0 Å². The molecule has 18 aromatic rings. The minimum atomic E-state index is -0.226. The van der Waals surface area contributed by atoms with Crippen LogP contribution < -0.4 is 26.2 Å². The lowest BCUT2D eigenvalue weighted by Crippen LogP contribution is -2.61. The van der Waals surface area contributed by atoms with Crippen molar-refractivity contribution in [1.82, 2.24) is 13.7 Å². The fraction of sp³-hybridized carbons (Fsp3) is 0. The van der Waals surface area contributed by atoms with Crippen molar-refractivity contribution in [3.05, 3.63) is 352 Å². The summed E-state index contributed by atoms with van der Waals surface area (Å²) in [4.78, 5) is 5.25. The molecule has 96 heavy (non-hydrogen) atoms. The van der Waals surface area contributed by atoms with Crippen LogP contribution in [0.15, 0.2) is 352 Å². The van der Waals surface area contributed by atoms with Crippen LogP contribution in [0.4, 0.5) is 34.1 Å². The van der Waals surface area contributed by atoms with Gasteiger partial charge in [-0.1, -0.05) is 267 Å². The molecule has 3 aromatic heterocycles. The molecule has 0 fully saturated rings. The van der Waals surface area contributed by atoms with E-state index >= 15 is 0 Å². The van der Waals surface area contributed by atoms with Crippen molar-refractivity contribution < 1.29 is 0 Å². The molecule has 0 spiro atoms. The highest BCUT2D eigenvalue weighted by molar-refractivity contribution is 7.00. The van der Waals surface area contributed by atoms with Gasteiger partial charge in [0.15, 0.2) is 0 Å². The Morgan fingerprint density at radius 2 is 0.615 bits per heavy atom. The highest BCUT2D eigenvalue weighted by Crippen LogP contribution is 2.52. The molecule has 5 nitrogen and oxygen atoms in total. The Labute approximate surface area is 556 Å². The van der Waals surface area contributed by atoms with Crippen LogP contribution in [0.2, 0.25) is 0 Å². The minimum absolute atomic E-state index is 0.226. The molecule has 0 aliphatic carbocycles. The molecule has 2 aliphatic rings. The Morgan fingerprint density at radius 1 is 0.208 bits per heavy atom. The molecule has 0 saturated heterocycles. The van der Waals surface area contributed by atoms with Gasteiger partial charge in [0.2, 0.25) is 0 Å². The molecule has 2 aliphatic heterocycles. The van der Waals surface area contributed by atoms with Crippen LogP contribution in [0.3, 0.4) is 0 Å². The zero-order valence-electron chi connectivity index (χ0n) is 52.3. The first kappa shape index (κ1) is 54.0. The Hall–Kier alpha value is -12.6. The number of para-hydroxylation sites is 6. The van der Waals surface area contributed by atoms with E-state index in [1.54, 1.807) is 0 Å². The van der Waals surface area contributed by atoms with Gasteiger partial charge in [-0.15, -0.1) is 0 Å². The number of nitrogens with zero attached hydrogens (tertiary/aromatic N) is 5. The molecule has 0 atom stereocenters. The average Bonchev–Trinajstić information content (AvgIpc) is 1.19. The lowest BCUT2D eigenvalue weighted by Gasteiger charge is -2.45. The molecule has 0 bridgehead atoms. The van der Waals surface area contributed by atoms with Gasteiger partial charge in [0.25, 0.3) is 6.71 Å². The number of anilines is 6. The van der Waals surface area contributed by atoms with Gasteiger partial charge in [-0.3, -0.25) is 0 Å². The average molecular weight is 1220 g/mol. The van der Waals surface area contributed by atoms with Gasteiger partial charge in [0, 0.05) is 77.6 Å². The molecule has 0 amide bonds. The smallest absolute Gasteiger partial charge is 0.252 e. The van der Waals surface area contributed by atoms with Gasteiger partial charge >= 0.3 is 0 Å². The van der Waals surface area contributed by atoms with Crippen LogP contribution in [-0.2, 0) is 0 Å². The number of hydrogen-bond donors (Lipinski definition) is 0. The largest absolute Gasteiger partial charge is 0.311 e. The maximum atomic E-state index is 2.65. The van der Waals surface area contributed by atoms with Gasteiger partial charge in [-0.2, -0.15) is 0 Å². The van der Waals surface area contributed by atoms with Crippen LogP contribution >= 0.6 is 0 Å². The van der Waals surface area contributed by atoms with Crippen molar-refractivity contribution in [3.63, 3.8) is 0 Å². The first-order chi connectivity index (χ1) is 47.7. The van der Waals surface area contributed by atoms with Crippen molar-refractivity contribution in [2.24, 2.45) is 0 Å². The van der Waals surface area contributed by atoms with Crippen LogP contribution in [0.1, 0.15) is 0 Å².